The standard InChI is InChI=1S/C13H18F2N2/c1-16-8-13(5-6-13)9-17(2)12-7-10(14)3-4-11(12)15/h3-4,7,16H,5-6,8-9H2,1-2H3. The van der Waals surface area contributed by atoms with Gasteiger partial charge in [0.15, 0.2) is 0 Å². The summed E-state index contributed by atoms with van der Waals surface area (Å²) in [5, 5.41) is 3.16. The smallest absolute Gasteiger partial charge is 0.146 e. The third kappa shape index (κ3) is 2.75. The van der Waals surface area contributed by atoms with Crippen LogP contribution in [-0.2, 0) is 0 Å². The van der Waals surface area contributed by atoms with Crippen molar-refractivity contribution in [3.8, 4) is 0 Å². The van der Waals surface area contributed by atoms with Gasteiger partial charge in [-0.15, -0.1) is 0 Å². The topological polar surface area (TPSA) is 15.3 Å². The SMILES string of the molecule is CNCC1(CN(C)c2cc(F)ccc2F)CC1. The van der Waals surface area contributed by atoms with E-state index in [1.807, 2.05) is 19.0 Å². The van der Waals surface area contributed by atoms with E-state index in [-0.39, 0.29) is 11.2 Å². The Morgan fingerprint density at radius 3 is 2.65 bits per heavy atom. The van der Waals surface area contributed by atoms with Crippen LogP contribution in [-0.4, -0.2) is 27.2 Å². The van der Waals surface area contributed by atoms with Crippen LogP contribution in [0.15, 0.2) is 18.2 Å². The number of nitrogens with one attached hydrogen (secondary N) is 1. The highest BCUT2D eigenvalue weighted by molar-refractivity contribution is 5.47. The lowest BCUT2D eigenvalue weighted by molar-refractivity contribution is 0.478. The average molecular weight is 240 g/mol. The summed E-state index contributed by atoms with van der Waals surface area (Å²) in [6, 6.07) is 3.58. The minimum Gasteiger partial charge on any atom is -0.372 e. The summed E-state index contributed by atoms with van der Waals surface area (Å²) in [6.45, 7) is 1.68. The van der Waals surface area contributed by atoms with Crippen LogP contribution in [0.1, 0.15) is 12.8 Å². The molecular formula is C13H18F2N2. The van der Waals surface area contributed by atoms with E-state index in [4.69, 9.17) is 0 Å². The minimum atomic E-state index is -0.397. The van der Waals surface area contributed by atoms with Crippen molar-refractivity contribution >= 4 is 5.69 Å². The predicted octanol–water partition coefficient (Wildman–Crippen LogP) is 2.40. The zero-order valence-corrected chi connectivity index (χ0v) is 10.3. The third-order valence-electron chi connectivity index (χ3n) is 3.40. The molecule has 0 aliphatic heterocycles. The van der Waals surface area contributed by atoms with Crippen molar-refractivity contribution in [1.29, 1.82) is 0 Å². The first-order valence-corrected chi connectivity index (χ1v) is 5.87. The van der Waals surface area contributed by atoms with Gasteiger partial charge in [-0.1, -0.05) is 0 Å². The number of hydrogen-bond donors (Lipinski definition) is 1. The van der Waals surface area contributed by atoms with Gasteiger partial charge < -0.3 is 10.2 Å². The molecule has 0 saturated heterocycles. The lowest BCUT2D eigenvalue weighted by Gasteiger charge is -2.25. The Morgan fingerprint density at radius 2 is 2.06 bits per heavy atom. The number of hydrogen-bond acceptors (Lipinski definition) is 2. The molecule has 0 unspecified atom stereocenters. The molecule has 0 aromatic heterocycles. The molecule has 94 valence electrons. The molecule has 0 heterocycles. The van der Waals surface area contributed by atoms with Gasteiger partial charge in [-0.25, -0.2) is 8.78 Å². The Kier molecular flexibility index (Phi) is 3.33. The van der Waals surface area contributed by atoms with Crippen molar-refractivity contribution in [2.45, 2.75) is 12.8 Å². The van der Waals surface area contributed by atoms with Crippen LogP contribution < -0.4 is 10.2 Å². The van der Waals surface area contributed by atoms with Crippen molar-refractivity contribution < 1.29 is 8.78 Å². The van der Waals surface area contributed by atoms with Gasteiger partial charge >= 0.3 is 0 Å². The van der Waals surface area contributed by atoms with E-state index < -0.39 is 5.82 Å². The minimum absolute atomic E-state index is 0.238. The molecular weight excluding hydrogens is 222 g/mol. The molecule has 1 aliphatic rings. The van der Waals surface area contributed by atoms with Crippen LogP contribution in [0.25, 0.3) is 0 Å². The second-order valence-corrected chi connectivity index (χ2v) is 4.98. The first-order chi connectivity index (χ1) is 8.06. The van der Waals surface area contributed by atoms with Crippen molar-refractivity contribution in [2.75, 3.05) is 32.1 Å². The van der Waals surface area contributed by atoms with E-state index in [1.54, 1.807) is 0 Å². The quantitative estimate of drug-likeness (QED) is 0.850. The zero-order chi connectivity index (χ0) is 12.5. The van der Waals surface area contributed by atoms with Gasteiger partial charge in [0.25, 0.3) is 0 Å². The van der Waals surface area contributed by atoms with Crippen molar-refractivity contribution in [3.63, 3.8) is 0 Å². The Labute approximate surface area is 101 Å². The molecule has 1 aromatic rings. The maximum absolute atomic E-state index is 13.6. The summed E-state index contributed by atoms with van der Waals surface area (Å²) in [7, 11) is 3.73. The second-order valence-electron chi connectivity index (χ2n) is 4.98. The summed E-state index contributed by atoms with van der Waals surface area (Å²) in [4.78, 5) is 1.81. The van der Waals surface area contributed by atoms with Crippen LogP contribution in [0.5, 0.6) is 0 Å². The van der Waals surface area contributed by atoms with Crippen LogP contribution in [0.3, 0.4) is 0 Å². The normalized spacial score (nSPS) is 16.9. The first kappa shape index (κ1) is 12.3. The molecule has 4 heteroatoms. The molecule has 1 N–H and O–H groups in total. The maximum Gasteiger partial charge on any atom is 0.146 e. The van der Waals surface area contributed by atoms with Crippen molar-refractivity contribution in [1.82, 2.24) is 5.32 Å². The summed E-state index contributed by atoms with van der Waals surface area (Å²) in [6.07, 6.45) is 2.30. The Bertz CT molecular complexity index is 402. The fourth-order valence-electron chi connectivity index (χ4n) is 2.31. The van der Waals surface area contributed by atoms with E-state index in [9.17, 15) is 8.78 Å². The summed E-state index contributed by atoms with van der Waals surface area (Å²) in [5.74, 6) is -0.763. The van der Waals surface area contributed by atoms with Gasteiger partial charge in [-0.3, -0.25) is 0 Å². The molecule has 17 heavy (non-hydrogen) atoms. The van der Waals surface area contributed by atoms with Gasteiger partial charge in [0.1, 0.15) is 11.6 Å². The average Bonchev–Trinajstić information content (AvgIpc) is 3.02. The molecule has 0 spiro atoms. The number of nitrogens with zero attached hydrogens (tertiary/aromatic N) is 1. The summed E-state index contributed by atoms with van der Waals surface area (Å²) in [5.41, 5.74) is 0.579. The highest BCUT2D eigenvalue weighted by atomic mass is 19.1. The predicted molar refractivity (Wildman–Crippen MR) is 65.2 cm³/mol. The van der Waals surface area contributed by atoms with E-state index in [1.165, 1.54) is 12.1 Å². The number of rotatable bonds is 5. The lowest BCUT2D eigenvalue weighted by atomic mass is 10.1. The molecule has 0 atom stereocenters. The molecule has 0 amide bonds. The van der Waals surface area contributed by atoms with E-state index in [0.29, 0.717) is 5.69 Å². The summed E-state index contributed by atoms with van der Waals surface area (Å²) < 4.78 is 26.7. The second kappa shape index (κ2) is 4.61. The van der Waals surface area contributed by atoms with Crippen LogP contribution in [0.2, 0.25) is 0 Å². The molecule has 1 aliphatic carbocycles. The maximum atomic E-state index is 13.6. The van der Waals surface area contributed by atoms with Gasteiger partial charge in [0.2, 0.25) is 0 Å². The fraction of sp³-hybridized carbons (Fsp3) is 0.538. The van der Waals surface area contributed by atoms with E-state index in [0.717, 1.165) is 32.0 Å². The first-order valence-electron chi connectivity index (χ1n) is 5.87. The van der Waals surface area contributed by atoms with Crippen LogP contribution in [0, 0.1) is 17.0 Å². The third-order valence-corrected chi connectivity index (χ3v) is 3.40. The highest BCUT2D eigenvalue weighted by Gasteiger charge is 2.42. The van der Waals surface area contributed by atoms with Crippen LogP contribution in [0.4, 0.5) is 14.5 Å². The number of halogens is 2. The molecule has 2 nitrogen and oxygen atoms in total. The fourth-order valence-corrected chi connectivity index (χ4v) is 2.31. The lowest BCUT2D eigenvalue weighted by Crippen LogP contribution is -2.33. The Morgan fingerprint density at radius 1 is 1.35 bits per heavy atom. The molecule has 1 saturated carbocycles. The summed E-state index contributed by atoms with van der Waals surface area (Å²) >= 11 is 0. The van der Waals surface area contributed by atoms with Crippen LogP contribution >= 0.6 is 0 Å². The van der Waals surface area contributed by atoms with Gasteiger partial charge in [-0.05, 0) is 32.0 Å². The van der Waals surface area contributed by atoms with Crippen molar-refractivity contribution in [3.05, 3.63) is 29.8 Å². The zero-order valence-electron chi connectivity index (χ0n) is 10.3. The number of benzene rings is 1. The largest absolute Gasteiger partial charge is 0.372 e. The number of anilines is 1. The molecule has 2 rings (SSSR count). The van der Waals surface area contributed by atoms with Gasteiger partial charge in [0.05, 0.1) is 5.69 Å². The van der Waals surface area contributed by atoms with E-state index in [2.05, 4.69) is 5.32 Å². The van der Waals surface area contributed by atoms with Gasteiger partial charge in [-0.2, -0.15) is 0 Å². The molecule has 1 fully saturated rings. The Balaban J connectivity index is 2.09. The van der Waals surface area contributed by atoms with E-state index >= 15 is 0 Å². The molecule has 0 radical (unpaired) electrons. The molecule has 0 bridgehead atoms. The van der Waals surface area contributed by atoms with Crippen molar-refractivity contribution in [2.24, 2.45) is 5.41 Å². The highest BCUT2D eigenvalue weighted by Crippen LogP contribution is 2.46. The monoisotopic (exact) mass is 240 g/mol. The van der Waals surface area contributed by atoms with Gasteiger partial charge in [0, 0.05) is 31.6 Å². The molecule has 1 aromatic carbocycles. The Hall–Kier alpha value is -1.16.